The number of piperidine rings is 1. The minimum Gasteiger partial charge on any atom is -0.348 e. The van der Waals surface area contributed by atoms with E-state index < -0.39 is 0 Å². The van der Waals surface area contributed by atoms with E-state index in [0.717, 1.165) is 30.0 Å². The number of nitrogens with one attached hydrogen (secondary N) is 2. The van der Waals surface area contributed by atoms with Crippen LogP contribution < -0.4 is 5.32 Å². The third-order valence-electron chi connectivity index (χ3n) is 4.38. The molecule has 1 saturated heterocycles. The number of aromatic amines is 1. The Morgan fingerprint density at radius 1 is 1.50 bits per heavy atom. The molecule has 2 atom stereocenters. The molecule has 1 fully saturated rings. The van der Waals surface area contributed by atoms with E-state index in [2.05, 4.69) is 15.5 Å². The van der Waals surface area contributed by atoms with Gasteiger partial charge in [0.15, 0.2) is 0 Å². The molecule has 0 unspecified atom stereocenters. The van der Waals surface area contributed by atoms with E-state index in [1.54, 1.807) is 17.5 Å². The molecule has 0 aromatic carbocycles. The number of H-pyrrole nitrogens is 1. The maximum Gasteiger partial charge on any atom is 0.225 e. The largest absolute Gasteiger partial charge is 0.348 e. The summed E-state index contributed by atoms with van der Waals surface area (Å²) in [6, 6.07) is 5.63. The van der Waals surface area contributed by atoms with Gasteiger partial charge in [0.1, 0.15) is 0 Å². The zero-order valence-corrected chi connectivity index (χ0v) is 14.5. The highest BCUT2D eigenvalue weighted by Crippen LogP contribution is 2.28. The fourth-order valence-corrected chi connectivity index (χ4v) is 3.99. The molecule has 3 heterocycles. The fourth-order valence-electron chi connectivity index (χ4n) is 3.21. The summed E-state index contributed by atoms with van der Waals surface area (Å²) in [7, 11) is 0. The van der Waals surface area contributed by atoms with Crippen LogP contribution >= 0.6 is 11.3 Å². The number of aromatic nitrogens is 2. The van der Waals surface area contributed by atoms with E-state index in [1.807, 2.05) is 28.5 Å². The number of carbonyl (C=O) groups excluding carboxylic acids is 2. The topological polar surface area (TPSA) is 78.1 Å². The predicted molar refractivity (Wildman–Crippen MR) is 92.6 cm³/mol. The van der Waals surface area contributed by atoms with Crippen molar-refractivity contribution in [3.8, 4) is 0 Å². The highest BCUT2D eigenvalue weighted by Gasteiger charge is 2.28. The Morgan fingerprint density at radius 2 is 2.38 bits per heavy atom. The third kappa shape index (κ3) is 4.03. The Morgan fingerprint density at radius 3 is 3.04 bits per heavy atom. The second-order valence-corrected chi connectivity index (χ2v) is 7.14. The normalized spacial score (nSPS) is 19.0. The van der Waals surface area contributed by atoms with Gasteiger partial charge >= 0.3 is 0 Å². The Bertz CT molecular complexity index is 669. The molecule has 24 heavy (non-hydrogen) atoms. The Kier molecular flexibility index (Phi) is 5.30. The van der Waals surface area contributed by atoms with Crippen molar-refractivity contribution in [1.82, 2.24) is 20.4 Å². The van der Waals surface area contributed by atoms with Crippen molar-refractivity contribution in [3.05, 3.63) is 40.3 Å². The van der Waals surface area contributed by atoms with E-state index in [9.17, 15) is 9.59 Å². The second kappa shape index (κ2) is 7.61. The highest BCUT2D eigenvalue weighted by molar-refractivity contribution is 7.10. The number of hydrogen-bond acceptors (Lipinski definition) is 4. The maximum absolute atomic E-state index is 12.8. The molecular formula is C17H22N4O2S. The van der Waals surface area contributed by atoms with E-state index in [-0.39, 0.29) is 17.9 Å². The van der Waals surface area contributed by atoms with Gasteiger partial charge < -0.3 is 10.2 Å². The van der Waals surface area contributed by atoms with E-state index >= 15 is 0 Å². The van der Waals surface area contributed by atoms with Crippen molar-refractivity contribution < 1.29 is 9.59 Å². The molecule has 2 amide bonds. The lowest BCUT2D eigenvalue weighted by molar-refractivity contribution is -0.133. The molecule has 2 aromatic rings. The smallest absolute Gasteiger partial charge is 0.225 e. The first-order chi connectivity index (χ1) is 11.6. The van der Waals surface area contributed by atoms with Gasteiger partial charge in [-0.15, -0.1) is 11.3 Å². The number of likely N-dealkylation sites (tertiary alicyclic amines) is 1. The van der Waals surface area contributed by atoms with Crippen LogP contribution in [-0.4, -0.2) is 40.0 Å². The number of rotatable bonds is 5. The summed E-state index contributed by atoms with van der Waals surface area (Å²) in [6.45, 7) is 2.97. The molecule has 3 rings (SSSR count). The molecule has 6 nitrogen and oxygen atoms in total. The molecule has 1 aliphatic rings. The Labute approximate surface area is 145 Å². The third-order valence-corrected chi connectivity index (χ3v) is 5.37. The molecule has 0 aliphatic carbocycles. The van der Waals surface area contributed by atoms with Crippen molar-refractivity contribution in [2.45, 2.75) is 38.1 Å². The maximum atomic E-state index is 12.8. The molecule has 128 valence electrons. The lowest BCUT2D eigenvalue weighted by Gasteiger charge is -2.33. The van der Waals surface area contributed by atoms with Gasteiger partial charge in [0.25, 0.3) is 0 Å². The van der Waals surface area contributed by atoms with Gasteiger partial charge in [-0.2, -0.15) is 5.10 Å². The minimum absolute atomic E-state index is 0.0892. The van der Waals surface area contributed by atoms with Gasteiger partial charge in [-0.3, -0.25) is 14.7 Å². The lowest BCUT2D eigenvalue weighted by atomic mass is 9.94. The summed E-state index contributed by atoms with van der Waals surface area (Å²) in [5, 5.41) is 11.9. The number of nitrogens with zero attached hydrogens (tertiary/aromatic N) is 2. The predicted octanol–water partition coefficient (Wildman–Crippen LogP) is 2.44. The first-order valence-electron chi connectivity index (χ1n) is 8.21. The van der Waals surface area contributed by atoms with E-state index in [4.69, 9.17) is 0 Å². The first-order valence-corrected chi connectivity index (χ1v) is 9.09. The van der Waals surface area contributed by atoms with Gasteiger partial charge in [-0.05, 0) is 30.4 Å². The number of thiophene rings is 1. The Hall–Kier alpha value is -2.15. The Balaban J connectivity index is 1.65. The SMILES string of the molecule is CC(=O)N[C@H](CC(=O)N1CCC[C@H](c2ccn[nH]2)C1)c1cccs1. The van der Waals surface area contributed by atoms with Crippen molar-refractivity contribution in [2.75, 3.05) is 13.1 Å². The van der Waals surface area contributed by atoms with Crippen LogP contribution in [0, 0.1) is 0 Å². The number of carbonyl (C=O) groups is 2. The summed E-state index contributed by atoms with van der Waals surface area (Å²) in [4.78, 5) is 27.2. The summed E-state index contributed by atoms with van der Waals surface area (Å²) in [6.07, 6.45) is 4.10. The average Bonchev–Trinajstić information content (AvgIpc) is 3.27. The van der Waals surface area contributed by atoms with Crippen LogP contribution in [0.5, 0.6) is 0 Å². The van der Waals surface area contributed by atoms with Crippen LogP contribution in [0.25, 0.3) is 0 Å². The molecule has 0 spiro atoms. The molecule has 1 aliphatic heterocycles. The molecule has 2 N–H and O–H groups in total. The second-order valence-electron chi connectivity index (χ2n) is 6.16. The summed E-state index contributed by atoms with van der Waals surface area (Å²) in [5.74, 6) is 0.285. The molecule has 0 radical (unpaired) electrons. The monoisotopic (exact) mass is 346 g/mol. The number of hydrogen-bond donors (Lipinski definition) is 2. The van der Waals surface area contributed by atoms with E-state index in [1.165, 1.54) is 6.92 Å². The summed E-state index contributed by atoms with van der Waals surface area (Å²) in [5.41, 5.74) is 1.09. The number of amides is 2. The lowest BCUT2D eigenvalue weighted by Crippen LogP contribution is -2.41. The first kappa shape index (κ1) is 16.7. The standard InChI is InChI=1S/C17H22N4O2S/c1-12(22)19-15(16-5-3-9-24-16)10-17(23)21-8-2-4-13(11-21)14-6-7-18-20-14/h3,5-7,9,13,15H,2,4,8,10-11H2,1H3,(H,18,20)(H,19,22)/t13-,15+/m0/s1. The van der Waals surface area contributed by atoms with Crippen LogP contribution in [0.4, 0.5) is 0 Å². The van der Waals surface area contributed by atoms with Gasteiger partial charge in [0.2, 0.25) is 11.8 Å². The average molecular weight is 346 g/mol. The van der Waals surface area contributed by atoms with Crippen LogP contribution in [0.15, 0.2) is 29.8 Å². The van der Waals surface area contributed by atoms with Crippen LogP contribution in [-0.2, 0) is 9.59 Å². The van der Waals surface area contributed by atoms with Crippen molar-refractivity contribution in [3.63, 3.8) is 0 Å². The highest BCUT2D eigenvalue weighted by atomic mass is 32.1. The van der Waals surface area contributed by atoms with Gasteiger partial charge in [-0.1, -0.05) is 6.07 Å². The van der Waals surface area contributed by atoms with Crippen LogP contribution in [0.3, 0.4) is 0 Å². The van der Waals surface area contributed by atoms with Gasteiger partial charge in [0.05, 0.1) is 12.5 Å². The van der Waals surface area contributed by atoms with E-state index in [0.29, 0.717) is 18.9 Å². The zero-order chi connectivity index (χ0) is 16.9. The summed E-state index contributed by atoms with van der Waals surface area (Å²) < 4.78 is 0. The van der Waals surface area contributed by atoms with Crippen molar-refractivity contribution in [1.29, 1.82) is 0 Å². The van der Waals surface area contributed by atoms with Gasteiger partial charge in [-0.25, -0.2) is 0 Å². The van der Waals surface area contributed by atoms with Gasteiger partial charge in [0, 0.05) is 42.7 Å². The van der Waals surface area contributed by atoms with Crippen LogP contribution in [0.2, 0.25) is 0 Å². The summed E-state index contributed by atoms with van der Waals surface area (Å²) >= 11 is 1.56. The molecule has 0 bridgehead atoms. The molecular weight excluding hydrogens is 324 g/mol. The fraction of sp³-hybridized carbons (Fsp3) is 0.471. The molecule has 7 heteroatoms. The molecule has 0 saturated carbocycles. The van der Waals surface area contributed by atoms with Crippen molar-refractivity contribution in [2.24, 2.45) is 0 Å². The zero-order valence-electron chi connectivity index (χ0n) is 13.7. The van der Waals surface area contributed by atoms with Crippen molar-refractivity contribution >= 4 is 23.2 Å². The molecule has 2 aromatic heterocycles. The van der Waals surface area contributed by atoms with Crippen LogP contribution in [0.1, 0.15) is 48.7 Å². The quantitative estimate of drug-likeness (QED) is 0.873. The minimum atomic E-state index is -0.248.